The van der Waals surface area contributed by atoms with Crippen LogP contribution in [-0.2, 0) is 9.53 Å². The number of methoxy groups -OCH3 is 1. The minimum atomic E-state index is -0.493. The van der Waals surface area contributed by atoms with Crippen molar-refractivity contribution >= 4 is 28.6 Å². The van der Waals surface area contributed by atoms with Gasteiger partial charge < -0.3 is 4.74 Å². The standard InChI is InChI=1S/C11H9N3O4/c1-18-11(15)5-4-9-8-3-2-7(14(16)17)6-10(8)13-12-9/h2-6H,1H3,(H,12,13). The number of nitrogens with zero attached hydrogens (tertiary/aromatic N) is 2. The predicted octanol–water partition coefficient (Wildman–Crippen LogP) is 1.66. The Kier molecular flexibility index (Phi) is 3.05. The first kappa shape index (κ1) is 11.8. The topological polar surface area (TPSA) is 98.1 Å². The van der Waals surface area contributed by atoms with Gasteiger partial charge in [0.05, 0.1) is 23.2 Å². The number of carbonyl (C=O) groups is 1. The van der Waals surface area contributed by atoms with Crippen LogP contribution in [0.25, 0.3) is 17.0 Å². The van der Waals surface area contributed by atoms with Crippen LogP contribution in [0.1, 0.15) is 5.69 Å². The molecule has 2 aromatic rings. The minimum absolute atomic E-state index is 0.0188. The highest BCUT2D eigenvalue weighted by Crippen LogP contribution is 2.22. The molecule has 0 radical (unpaired) electrons. The molecule has 0 amide bonds. The molecular weight excluding hydrogens is 238 g/mol. The van der Waals surface area contributed by atoms with Gasteiger partial charge in [0.1, 0.15) is 0 Å². The molecule has 18 heavy (non-hydrogen) atoms. The zero-order valence-corrected chi connectivity index (χ0v) is 9.41. The Balaban J connectivity index is 2.40. The van der Waals surface area contributed by atoms with Crippen molar-refractivity contribution < 1.29 is 14.5 Å². The zero-order valence-electron chi connectivity index (χ0n) is 9.41. The lowest BCUT2D eigenvalue weighted by Crippen LogP contribution is -1.93. The Morgan fingerprint density at radius 2 is 2.33 bits per heavy atom. The van der Waals surface area contributed by atoms with Gasteiger partial charge in [0, 0.05) is 23.6 Å². The fraction of sp³-hybridized carbons (Fsp3) is 0.0909. The van der Waals surface area contributed by atoms with Crippen LogP contribution >= 0.6 is 0 Å². The Labute approximate surface area is 101 Å². The van der Waals surface area contributed by atoms with Gasteiger partial charge in [0.15, 0.2) is 0 Å². The SMILES string of the molecule is COC(=O)C=Cc1n[nH]c2cc([N+](=O)[O-])ccc12. The number of rotatable bonds is 3. The fourth-order valence-electron chi connectivity index (χ4n) is 1.48. The number of hydrogen-bond donors (Lipinski definition) is 1. The zero-order chi connectivity index (χ0) is 13.1. The maximum atomic E-state index is 11.0. The third-order valence-electron chi connectivity index (χ3n) is 2.37. The van der Waals surface area contributed by atoms with Gasteiger partial charge in [-0.1, -0.05) is 0 Å². The molecule has 1 aromatic heterocycles. The second-order valence-corrected chi connectivity index (χ2v) is 3.45. The molecule has 7 nitrogen and oxygen atoms in total. The third kappa shape index (κ3) is 2.19. The van der Waals surface area contributed by atoms with Crippen molar-refractivity contribution in [2.24, 2.45) is 0 Å². The predicted molar refractivity (Wildman–Crippen MR) is 63.8 cm³/mol. The molecule has 0 saturated carbocycles. The van der Waals surface area contributed by atoms with Crippen molar-refractivity contribution in [3.63, 3.8) is 0 Å². The molecule has 1 aromatic carbocycles. The lowest BCUT2D eigenvalue weighted by atomic mass is 10.2. The van der Waals surface area contributed by atoms with E-state index in [0.29, 0.717) is 16.6 Å². The number of nitro benzene ring substituents is 1. The number of aromatic amines is 1. The normalized spacial score (nSPS) is 10.9. The Morgan fingerprint density at radius 3 is 3.00 bits per heavy atom. The van der Waals surface area contributed by atoms with E-state index < -0.39 is 10.9 Å². The summed E-state index contributed by atoms with van der Waals surface area (Å²) >= 11 is 0. The second kappa shape index (κ2) is 4.66. The summed E-state index contributed by atoms with van der Waals surface area (Å²) in [6, 6.07) is 4.35. The smallest absolute Gasteiger partial charge is 0.330 e. The number of hydrogen-bond acceptors (Lipinski definition) is 5. The van der Waals surface area contributed by atoms with E-state index in [9.17, 15) is 14.9 Å². The van der Waals surface area contributed by atoms with Crippen LogP contribution in [0.2, 0.25) is 0 Å². The van der Waals surface area contributed by atoms with E-state index in [1.165, 1.54) is 31.4 Å². The van der Waals surface area contributed by atoms with Crippen molar-refractivity contribution in [2.45, 2.75) is 0 Å². The lowest BCUT2D eigenvalue weighted by Gasteiger charge is -1.92. The molecule has 1 heterocycles. The average Bonchev–Trinajstić information content (AvgIpc) is 2.78. The number of H-pyrrole nitrogens is 1. The van der Waals surface area contributed by atoms with Crippen molar-refractivity contribution in [1.29, 1.82) is 0 Å². The molecule has 0 unspecified atom stereocenters. The molecule has 2 rings (SSSR count). The van der Waals surface area contributed by atoms with E-state index >= 15 is 0 Å². The van der Waals surface area contributed by atoms with Crippen LogP contribution in [0, 0.1) is 10.1 Å². The van der Waals surface area contributed by atoms with E-state index in [-0.39, 0.29) is 5.69 Å². The summed E-state index contributed by atoms with van der Waals surface area (Å²) in [4.78, 5) is 21.1. The van der Waals surface area contributed by atoms with E-state index in [4.69, 9.17) is 0 Å². The Bertz CT molecular complexity index is 645. The first-order valence-electron chi connectivity index (χ1n) is 5.00. The van der Waals surface area contributed by atoms with Crippen LogP contribution < -0.4 is 0 Å². The van der Waals surface area contributed by atoms with E-state index in [1.54, 1.807) is 6.07 Å². The minimum Gasteiger partial charge on any atom is -0.466 e. The number of carbonyl (C=O) groups excluding carboxylic acids is 1. The summed E-state index contributed by atoms with van der Waals surface area (Å²) in [5, 5.41) is 17.9. The molecule has 0 aliphatic heterocycles. The summed E-state index contributed by atoms with van der Waals surface area (Å²) in [5.41, 5.74) is 1.04. The highest BCUT2D eigenvalue weighted by Gasteiger charge is 2.09. The Hall–Kier alpha value is -2.70. The number of nitro groups is 1. The molecule has 7 heteroatoms. The van der Waals surface area contributed by atoms with Crippen molar-refractivity contribution in [2.75, 3.05) is 7.11 Å². The number of fused-ring (bicyclic) bond motifs is 1. The number of non-ortho nitro benzene ring substituents is 1. The number of nitrogens with one attached hydrogen (secondary N) is 1. The molecule has 0 fully saturated rings. The van der Waals surface area contributed by atoms with Gasteiger partial charge >= 0.3 is 5.97 Å². The molecule has 0 bridgehead atoms. The van der Waals surface area contributed by atoms with E-state index in [1.807, 2.05) is 0 Å². The highest BCUT2D eigenvalue weighted by molar-refractivity contribution is 5.93. The first-order valence-corrected chi connectivity index (χ1v) is 5.00. The van der Waals surface area contributed by atoms with Gasteiger partial charge in [-0.3, -0.25) is 15.2 Å². The van der Waals surface area contributed by atoms with Crippen molar-refractivity contribution in [1.82, 2.24) is 10.2 Å². The number of aromatic nitrogens is 2. The second-order valence-electron chi connectivity index (χ2n) is 3.45. The van der Waals surface area contributed by atoms with E-state index in [2.05, 4.69) is 14.9 Å². The largest absolute Gasteiger partial charge is 0.466 e. The quantitative estimate of drug-likeness (QED) is 0.385. The van der Waals surface area contributed by atoms with Crippen LogP contribution in [0.15, 0.2) is 24.3 Å². The lowest BCUT2D eigenvalue weighted by molar-refractivity contribution is -0.384. The van der Waals surface area contributed by atoms with Crippen LogP contribution in [0.4, 0.5) is 5.69 Å². The molecule has 92 valence electrons. The van der Waals surface area contributed by atoms with Crippen LogP contribution in [-0.4, -0.2) is 28.2 Å². The molecule has 0 aliphatic carbocycles. The fourth-order valence-corrected chi connectivity index (χ4v) is 1.48. The van der Waals surface area contributed by atoms with Gasteiger partial charge in [0.25, 0.3) is 5.69 Å². The summed E-state index contributed by atoms with van der Waals surface area (Å²) in [6.45, 7) is 0. The summed E-state index contributed by atoms with van der Waals surface area (Å²) in [5.74, 6) is -0.493. The number of esters is 1. The maximum absolute atomic E-state index is 11.0. The number of benzene rings is 1. The van der Waals surface area contributed by atoms with Crippen LogP contribution in [0.5, 0.6) is 0 Å². The molecule has 0 aliphatic rings. The monoisotopic (exact) mass is 247 g/mol. The van der Waals surface area contributed by atoms with Crippen LogP contribution in [0.3, 0.4) is 0 Å². The van der Waals surface area contributed by atoms with Gasteiger partial charge in [-0.05, 0) is 12.1 Å². The van der Waals surface area contributed by atoms with Gasteiger partial charge in [0.2, 0.25) is 0 Å². The molecule has 1 N–H and O–H groups in total. The summed E-state index contributed by atoms with van der Waals surface area (Å²) in [7, 11) is 1.28. The molecule has 0 spiro atoms. The maximum Gasteiger partial charge on any atom is 0.330 e. The van der Waals surface area contributed by atoms with Crippen molar-refractivity contribution in [3.05, 3.63) is 40.1 Å². The third-order valence-corrected chi connectivity index (χ3v) is 2.37. The number of ether oxygens (including phenoxy) is 1. The molecular formula is C11H9N3O4. The highest BCUT2D eigenvalue weighted by atomic mass is 16.6. The Morgan fingerprint density at radius 1 is 1.56 bits per heavy atom. The first-order chi connectivity index (χ1) is 8.61. The van der Waals surface area contributed by atoms with Gasteiger partial charge in [-0.25, -0.2) is 4.79 Å². The average molecular weight is 247 g/mol. The van der Waals surface area contributed by atoms with E-state index in [0.717, 1.165) is 0 Å². The van der Waals surface area contributed by atoms with Gasteiger partial charge in [-0.2, -0.15) is 5.10 Å². The molecule has 0 saturated heterocycles. The summed E-state index contributed by atoms with van der Waals surface area (Å²) in [6.07, 6.45) is 2.72. The summed E-state index contributed by atoms with van der Waals surface area (Å²) < 4.78 is 4.46. The van der Waals surface area contributed by atoms with Gasteiger partial charge in [-0.15, -0.1) is 0 Å². The molecule has 0 atom stereocenters. The van der Waals surface area contributed by atoms with Crippen molar-refractivity contribution in [3.8, 4) is 0 Å².